The summed E-state index contributed by atoms with van der Waals surface area (Å²) < 4.78 is 62.8. The molecule has 4 nitrogen and oxygen atoms in total. The lowest BCUT2D eigenvalue weighted by atomic mass is 9.97. The molecule has 4 N–H and O–H groups in total. The van der Waals surface area contributed by atoms with E-state index in [1.165, 1.54) is 31.0 Å². The van der Waals surface area contributed by atoms with Crippen LogP contribution in [0.15, 0.2) is 48.1 Å². The zero-order chi connectivity index (χ0) is 28.1. The van der Waals surface area contributed by atoms with Crippen molar-refractivity contribution in [2.75, 3.05) is 0 Å². The predicted molar refractivity (Wildman–Crippen MR) is 134 cm³/mol. The Kier molecular flexibility index (Phi) is 15.8. The summed E-state index contributed by atoms with van der Waals surface area (Å²) >= 11 is 0. The highest BCUT2D eigenvalue weighted by atomic mass is 19.4. The van der Waals surface area contributed by atoms with Crippen molar-refractivity contribution in [3.63, 3.8) is 0 Å². The van der Waals surface area contributed by atoms with Gasteiger partial charge in [-0.25, -0.2) is 14.6 Å². The van der Waals surface area contributed by atoms with Crippen LogP contribution in [-0.4, -0.2) is 23.1 Å². The van der Waals surface area contributed by atoms with E-state index in [9.17, 15) is 26.7 Å². The molecule has 0 bridgehead atoms. The number of hydrogen-bond donors (Lipinski definition) is 2. The quantitative estimate of drug-likeness (QED) is 0.173. The van der Waals surface area contributed by atoms with Crippen molar-refractivity contribution in [3.8, 4) is 0 Å². The summed E-state index contributed by atoms with van der Waals surface area (Å²) in [6.07, 6.45) is -1.22. The Morgan fingerprint density at radius 3 is 1.91 bits per heavy atom. The zero-order valence-electron chi connectivity index (χ0n) is 22.1. The number of carbonyl (C=O) groups excluding carboxylic acids is 1. The monoisotopic (exact) mass is 505 g/mol. The topological polar surface area (TPSA) is 72.4 Å². The normalized spacial score (nSPS) is 14.3. The van der Waals surface area contributed by atoms with Gasteiger partial charge in [-0.2, -0.15) is 13.2 Å². The number of benzene rings is 1. The summed E-state index contributed by atoms with van der Waals surface area (Å²) in [4.78, 5) is 11.3. The van der Waals surface area contributed by atoms with Crippen molar-refractivity contribution >= 4 is 11.6 Å². The number of halogens is 5. The van der Waals surface area contributed by atoms with Gasteiger partial charge in [0.2, 0.25) is 5.91 Å². The number of rotatable bonds is 7. The molecule has 9 heteroatoms. The lowest BCUT2D eigenvalue weighted by Gasteiger charge is -2.33. The Balaban J connectivity index is 0. The maximum atomic E-state index is 13.1. The Labute approximate surface area is 206 Å². The van der Waals surface area contributed by atoms with Crippen LogP contribution in [0, 0.1) is 18.8 Å². The highest BCUT2D eigenvalue weighted by Crippen LogP contribution is 2.32. The minimum atomic E-state index is -4.37. The molecule has 0 heterocycles. The number of aryl methyl sites for hydroxylation is 1. The average Bonchev–Trinajstić information content (AvgIpc) is 2.76. The van der Waals surface area contributed by atoms with Crippen LogP contribution in [0.1, 0.15) is 76.9 Å². The summed E-state index contributed by atoms with van der Waals surface area (Å²) in [6, 6.07) is 4.45. The fraction of sp³-hybridized carbons (Fsp3) is 0.500. The first-order valence-electron chi connectivity index (χ1n) is 11.4. The molecule has 200 valence electrons. The number of hydrazine groups is 1. The van der Waals surface area contributed by atoms with Gasteiger partial charge in [-0.3, -0.25) is 4.79 Å². The van der Waals surface area contributed by atoms with Gasteiger partial charge in [-0.05, 0) is 57.4 Å². The highest BCUT2D eigenvalue weighted by Gasteiger charge is 2.35. The van der Waals surface area contributed by atoms with Crippen molar-refractivity contribution in [1.29, 1.82) is 0 Å². The van der Waals surface area contributed by atoms with Gasteiger partial charge < -0.3 is 10.7 Å². The van der Waals surface area contributed by atoms with E-state index in [4.69, 9.17) is 11.6 Å². The van der Waals surface area contributed by atoms with Crippen LogP contribution in [0.3, 0.4) is 0 Å². The van der Waals surface area contributed by atoms with Gasteiger partial charge in [0.15, 0.2) is 0 Å². The van der Waals surface area contributed by atoms with Crippen LogP contribution in [0.5, 0.6) is 0 Å². The Bertz CT molecular complexity index is 885. The van der Waals surface area contributed by atoms with Gasteiger partial charge >= 0.3 is 6.18 Å². The number of allylic oxidation sites excluding steroid dienone is 5. The molecule has 0 aromatic heterocycles. The van der Waals surface area contributed by atoms with E-state index in [1.807, 2.05) is 34.6 Å². The first-order chi connectivity index (χ1) is 16.0. The predicted octanol–water partition coefficient (Wildman–Crippen LogP) is 7.61. The van der Waals surface area contributed by atoms with Crippen LogP contribution >= 0.6 is 0 Å². The highest BCUT2D eigenvalue weighted by molar-refractivity contribution is 5.93. The van der Waals surface area contributed by atoms with Gasteiger partial charge in [0, 0.05) is 23.2 Å². The molecule has 0 aliphatic carbocycles. The van der Waals surface area contributed by atoms with E-state index in [2.05, 4.69) is 0 Å². The van der Waals surface area contributed by atoms with Gasteiger partial charge in [-0.15, -0.1) is 0 Å². The fourth-order valence-corrected chi connectivity index (χ4v) is 2.56. The average molecular weight is 506 g/mol. The summed E-state index contributed by atoms with van der Waals surface area (Å²) in [5.41, 5.74) is 7.00. The number of amides is 1. The van der Waals surface area contributed by atoms with E-state index in [0.29, 0.717) is 16.7 Å². The van der Waals surface area contributed by atoms with E-state index >= 15 is 0 Å². The zero-order valence-corrected chi connectivity index (χ0v) is 22.1. The van der Waals surface area contributed by atoms with Crippen LogP contribution in [0.4, 0.5) is 22.0 Å². The van der Waals surface area contributed by atoms with Gasteiger partial charge in [0.25, 0.3) is 0 Å². The smallest absolute Gasteiger partial charge is 0.366 e. The molecule has 0 radical (unpaired) electrons. The number of hydrogen-bond acceptors (Lipinski definition) is 3. The third-order valence-corrected chi connectivity index (χ3v) is 5.01. The molecule has 2 atom stereocenters. The number of nitrogens with two attached hydrogens (primary N) is 2. The Hall–Kier alpha value is -2.68. The molecule has 1 rings (SSSR count). The molecular formula is C26H40F5N3O. The van der Waals surface area contributed by atoms with Gasteiger partial charge in [0.1, 0.15) is 5.83 Å². The number of nitrogens with zero attached hydrogens (tertiary/aromatic N) is 1. The second-order valence-electron chi connectivity index (χ2n) is 8.07. The van der Waals surface area contributed by atoms with Crippen LogP contribution in [0.25, 0.3) is 5.70 Å². The molecule has 35 heavy (non-hydrogen) atoms. The molecule has 1 aromatic carbocycles. The van der Waals surface area contributed by atoms with Crippen LogP contribution in [-0.2, 0) is 0 Å². The molecule has 2 unspecified atom stereocenters. The largest absolute Gasteiger partial charge is 0.394 e. The van der Waals surface area contributed by atoms with E-state index in [0.717, 1.165) is 19.1 Å². The van der Waals surface area contributed by atoms with Crippen molar-refractivity contribution in [1.82, 2.24) is 5.01 Å². The lowest BCUT2D eigenvalue weighted by Crippen LogP contribution is -2.41. The van der Waals surface area contributed by atoms with E-state index in [-0.39, 0.29) is 17.7 Å². The van der Waals surface area contributed by atoms with Crippen LogP contribution < -0.4 is 11.6 Å². The standard InChI is InChI=1S/C18H26F3N3O.C6H8F2.C2H6/c1-10(2)13(5)24(23)16(9-12(4)18(19,20)21)15-7-6-14(17(22)25)8-11(15)3;1-3-6(8)4-5(2)7;1-2/h6-10,12-13H,23H2,1-5H3,(H2,22,25);3-4H,1-2H3;1-2H3/b16-9-;5-4+,6-3+;. The van der Waals surface area contributed by atoms with Crippen molar-refractivity contribution in [3.05, 3.63) is 64.8 Å². The van der Waals surface area contributed by atoms with E-state index in [1.54, 1.807) is 19.1 Å². The number of alkyl halides is 3. The maximum absolute atomic E-state index is 13.1. The number of primary amides is 1. The van der Waals surface area contributed by atoms with Gasteiger partial charge in [0.05, 0.1) is 17.4 Å². The maximum Gasteiger partial charge on any atom is 0.394 e. The molecule has 0 saturated carbocycles. The molecule has 0 spiro atoms. The molecule has 0 fully saturated rings. The molecule has 0 saturated heterocycles. The molecule has 1 amide bonds. The Morgan fingerprint density at radius 1 is 1.09 bits per heavy atom. The van der Waals surface area contributed by atoms with Crippen LogP contribution in [0.2, 0.25) is 0 Å². The second kappa shape index (κ2) is 16.1. The summed E-state index contributed by atoms with van der Waals surface area (Å²) in [5.74, 6) is 2.99. The van der Waals surface area contributed by atoms with Crippen molar-refractivity contribution < 1.29 is 26.7 Å². The van der Waals surface area contributed by atoms with Crippen molar-refractivity contribution in [2.24, 2.45) is 23.4 Å². The molecule has 1 aromatic rings. The minimum absolute atomic E-state index is 0.139. The molecular weight excluding hydrogens is 465 g/mol. The first-order valence-corrected chi connectivity index (χ1v) is 11.4. The summed E-state index contributed by atoms with van der Waals surface area (Å²) in [7, 11) is 0. The second-order valence-corrected chi connectivity index (χ2v) is 8.07. The Morgan fingerprint density at radius 2 is 1.60 bits per heavy atom. The third-order valence-electron chi connectivity index (χ3n) is 5.01. The summed E-state index contributed by atoms with van der Waals surface area (Å²) in [5, 5.41) is 1.36. The number of carbonyl (C=O) groups is 1. The van der Waals surface area contributed by atoms with Gasteiger partial charge in [-0.1, -0.05) is 46.8 Å². The lowest BCUT2D eigenvalue weighted by molar-refractivity contribution is -0.156. The SMILES string of the molecule is C/C=C(F)\C=C(/C)F.CC.Cc1cc(C(N)=O)ccc1/C(=C/C(C)C(F)(F)F)N(N)C(C)C(C)C. The first kappa shape index (κ1) is 34.5. The van der Waals surface area contributed by atoms with E-state index < -0.39 is 29.7 Å². The molecule has 0 aliphatic rings. The minimum Gasteiger partial charge on any atom is -0.366 e. The summed E-state index contributed by atoms with van der Waals surface area (Å²) in [6.45, 7) is 15.2. The van der Waals surface area contributed by atoms with Crippen molar-refractivity contribution in [2.45, 2.75) is 74.5 Å². The third kappa shape index (κ3) is 12.5. The molecule has 0 aliphatic heterocycles. The fourth-order valence-electron chi connectivity index (χ4n) is 2.56.